The highest BCUT2D eigenvalue weighted by Gasteiger charge is 2.37. The Morgan fingerprint density at radius 2 is 1.50 bits per heavy atom. The molecule has 112 valence electrons. The Morgan fingerprint density at radius 1 is 0.900 bits per heavy atom. The summed E-state index contributed by atoms with van der Waals surface area (Å²) in [6.07, 6.45) is 18.0. The number of carbonyl (C=O) groups is 1. The fourth-order valence-corrected chi connectivity index (χ4v) is 3.29. The van der Waals surface area contributed by atoms with Gasteiger partial charge in [0.05, 0.1) is 0 Å². The third kappa shape index (κ3) is 4.50. The summed E-state index contributed by atoms with van der Waals surface area (Å²) in [6, 6.07) is 0. The summed E-state index contributed by atoms with van der Waals surface area (Å²) < 4.78 is 5.51. The van der Waals surface area contributed by atoms with E-state index in [1.165, 1.54) is 57.8 Å². The molecule has 2 rings (SSSR count). The number of hydrogen-bond acceptors (Lipinski definition) is 2. The van der Waals surface area contributed by atoms with Crippen molar-refractivity contribution in [3.63, 3.8) is 0 Å². The molecular formula is C18H28O2. The fourth-order valence-electron chi connectivity index (χ4n) is 3.29. The maximum Gasteiger partial charge on any atom is 0.334 e. The molecule has 0 aromatic heterocycles. The molecule has 0 N–H and O–H groups in total. The van der Waals surface area contributed by atoms with Crippen LogP contribution in [0.25, 0.3) is 0 Å². The van der Waals surface area contributed by atoms with Gasteiger partial charge in [-0.2, -0.15) is 0 Å². The van der Waals surface area contributed by atoms with Crippen molar-refractivity contribution in [1.82, 2.24) is 0 Å². The van der Waals surface area contributed by atoms with Crippen LogP contribution in [0.3, 0.4) is 0 Å². The van der Waals surface area contributed by atoms with Gasteiger partial charge >= 0.3 is 5.97 Å². The largest absolute Gasteiger partial charge is 0.458 e. The van der Waals surface area contributed by atoms with Gasteiger partial charge in [-0.25, -0.2) is 4.79 Å². The molecule has 2 heteroatoms. The van der Waals surface area contributed by atoms with Crippen LogP contribution in [0, 0.1) is 5.92 Å². The van der Waals surface area contributed by atoms with Gasteiger partial charge in [0, 0.05) is 11.5 Å². The minimum Gasteiger partial charge on any atom is -0.458 e. The molecule has 0 bridgehead atoms. The summed E-state index contributed by atoms with van der Waals surface area (Å²) in [6.45, 7) is 3.95. The lowest BCUT2D eigenvalue weighted by molar-refractivity contribution is -0.139. The molecule has 0 aromatic carbocycles. The van der Waals surface area contributed by atoms with Crippen molar-refractivity contribution in [3.05, 3.63) is 24.3 Å². The van der Waals surface area contributed by atoms with Gasteiger partial charge in [-0.15, -0.1) is 0 Å². The Labute approximate surface area is 123 Å². The summed E-state index contributed by atoms with van der Waals surface area (Å²) in [5, 5.41) is 0. The zero-order valence-corrected chi connectivity index (χ0v) is 12.6. The van der Waals surface area contributed by atoms with Gasteiger partial charge in [-0.1, -0.05) is 44.4 Å². The fraction of sp³-hybridized carbons (Fsp3) is 0.722. The summed E-state index contributed by atoms with van der Waals surface area (Å²) in [4.78, 5) is 11.7. The van der Waals surface area contributed by atoms with E-state index in [0.29, 0.717) is 0 Å². The normalized spacial score (nSPS) is 31.8. The van der Waals surface area contributed by atoms with Crippen molar-refractivity contribution in [3.8, 4) is 0 Å². The van der Waals surface area contributed by atoms with E-state index in [-0.39, 0.29) is 18.0 Å². The second kappa shape index (κ2) is 8.28. The molecule has 0 saturated carbocycles. The predicted octanol–water partition coefficient (Wildman–Crippen LogP) is 4.95. The Morgan fingerprint density at radius 3 is 2.30 bits per heavy atom. The van der Waals surface area contributed by atoms with Crippen LogP contribution in [0.4, 0.5) is 0 Å². The van der Waals surface area contributed by atoms with Crippen LogP contribution in [0.5, 0.6) is 0 Å². The van der Waals surface area contributed by atoms with Crippen LogP contribution in [0.1, 0.15) is 70.6 Å². The van der Waals surface area contributed by atoms with E-state index in [9.17, 15) is 4.79 Å². The highest BCUT2D eigenvalue weighted by atomic mass is 16.6. The molecule has 0 spiro atoms. The van der Waals surface area contributed by atoms with Crippen molar-refractivity contribution in [2.24, 2.45) is 5.92 Å². The first kappa shape index (κ1) is 15.3. The zero-order chi connectivity index (χ0) is 14.2. The Bertz CT molecular complexity index is 356. The summed E-state index contributed by atoms with van der Waals surface area (Å²) in [5.74, 6) is 0.123. The second-order valence-corrected chi connectivity index (χ2v) is 6.18. The van der Waals surface area contributed by atoms with Gasteiger partial charge in [0.1, 0.15) is 6.10 Å². The van der Waals surface area contributed by atoms with Crippen LogP contribution in [0.15, 0.2) is 24.3 Å². The van der Waals surface area contributed by atoms with Gasteiger partial charge in [0.2, 0.25) is 0 Å². The molecule has 2 nitrogen and oxygen atoms in total. The molecule has 1 aliphatic carbocycles. The third-order valence-electron chi connectivity index (χ3n) is 4.58. The minimum atomic E-state index is -0.152. The number of allylic oxidation sites excluding steroid dienone is 2. The molecule has 0 aromatic rings. The Hall–Kier alpha value is -1.05. The van der Waals surface area contributed by atoms with E-state index in [0.717, 1.165) is 18.4 Å². The van der Waals surface area contributed by atoms with Crippen LogP contribution < -0.4 is 0 Å². The molecule has 2 aliphatic rings. The second-order valence-electron chi connectivity index (χ2n) is 6.18. The first-order valence-electron chi connectivity index (χ1n) is 8.34. The zero-order valence-electron chi connectivity index (χ0n) is 12.6. The number of fused-ring (bicyclic) bond motifs is 1. The quantitative estimate of drug-likeness (QED) is 0.355. The Balaban J connectivity index is 1.88. The molecule has 0 amide bonds. The van der Waals surface area contributed by atoms with Crippen LogP contribution >= 0.6 is 0 Å². The lowest BCUT2D eigenvalue weighted by atomic mass is 9.88. The van der Waals surface area contributed by atoms with Gasteiger partial charge in [0.15, 0.2) is 0 Å². The van der Waals surface area contributed by atoms with Gasteiger partial charge in [-0.05, 0) is 44.9 Å². The number of ether oxygens (including phenoxy) is 1. The van der Waals surface area contributed by atoms with E-state index in [1.807, 2.05) is 0 Å². The minimum absolute atomic E-state index is 0.107. The smallest absolute Gasteiger partial charge is 0.334 e. The van der Waals surface area contributed by atoms with Crippen LogP contribution in [-0.2, 0) is 9.53 Å². The molecule has 1 heterocycles. The average molecular weight is 276 g/mol. The topological polar surface area (TPSA) is 26.3 Å². The standard InChI is InChI=1S/C18H28O2/c1-15-16-13-11-9-7-5-3-2-4-6-8-10-12-14-17(16)20-18(15)19/h3,5,16-17H,1-2,4,6-14H2/b5-3-/t16-,17-/m0/s1. The predicted molar refractivity (Wildman–Crippen MR) is 82.4 cm³/mol. The highest BCUT2D eigenvalue weighted by Crippen LogP contribution is 2.34. The SMILES string of the molecule is C=C1C(=O)O[C@H]2CCCCCCC/C=C\CCCC[C@@H]12. The van der Waals surface area contributed by atoms with Gasteiger partial charge in [-0.3, -0.25) is 0 Å². The maximum atomic E-state index is 11.7. The van der Waals surface area contributed by atoms with E-state index < -0.39 is 0 Å². The number of rotatable bonds is 0. The monoisotopic (exact) mass is 276 g/mol. The molecule has 0 unspecified atom stereocenters. The summed E-state index contributed by atoms with van der Waals surface area (Å²) >= 11 is 0. The van der Waals surface area contributed by atoms with Crippen molar-refractivity contribution < 1.29 is 9.53 Å². The molecule has 1 aliphatic heterocycles. The number of hydrogen-bond donors (Lipinski definition) is 0. The molecule has 1 saturated heterocycles. The lowest BCUT2D eigenvalue weighted by Gasteiger charge is -2.17. The first-order valence-corrected chi connectivity index (χ1v) is 8.34. The Kier molecular flexibility index (Phi) is 6.35. The number of carbonyl (C=O) groups excluding carboxylic acids is 1. The van der Waals surface area contributed by atoms with Gasteiger partial charge in [0.25, 0.3) is 0 Å². The lowest BCUT2D eigenvalue weighted by Crippen LogP contribution is -2.16. The van der Waals surface area contributed by atoms with Crippen molar-refractivity contribution >= 4 is 5.97 Å². The van der Waals surface area contributed by atoms with Crippen LogP contribution in [-0.4, -0.2) is 12.1 Å². The van der Waals surface area contributed by atoms with E-state index in [1.54, 1.807) is 0 Å². The number of esters is 1. The molecular weight excluding hydrogens is 248 g/mol. The first-order chi connectivity index (χ1) is 9.79. The van der Waals surface area contributed by atoms with Crippen molar-refractivity contribution in [1.29, 1.82) is 0 Å². The average Bonchev–Trinajstić information content (AvgIpc) is 2.70. The van der Waals surface area contributed by atoms with E-state index >= 15 is 0 Å². The molecule has 2 atom stereocenters. The summed E-state index contributed by atoms with van der Waals surface area (Å²) in [5.41, 5.74) is 0.717. The molecule has 20 heavy (non-hydrogen) atoms. The maximum absolute atomic E-state index is 11.7. The van der Waals surface area contributed by atoms with Crippen LogP contribution in [0.2, 0.25) is 0 Å². The van der Waals surface area contributed by atoms with Crippen molar-refractivity contribution in [2.75, 3.05) is 0 Å². The van der Waals surface area contributed by atoms with Crippen molar-refractivity contribution in [2.45, 2.75) is 76.7 Å². The highest BCUT2D eigenvalue weighted by molar-refractivity contribution is 5.90. The van der Waals surface area contributed by atoms with E-state index in [4.69, 9.17) is 4.74 Å². The molecule has 0 radical (unpaired) electrons. The molecule has 1 fully saturated rings. The van der Waals surface area contributed by atoms with Gasteiger partial charge < -0.3 is 4.74 Å². The third-order valence-corrected chi connectivity index (χ3v) is 4.58. The summed E-state index contributed by atoms with van der Waals surface area (Å²) in [7, 11) is 0. The van der Waals surface area contributed by atoms with E-state index in [2.05, 4.69) is 18.7 Å².